The van der Waals surface area contributed by atoms with E-state index in [-0.39, 0.29) is 0 Å². The molecule has 2 rings (SSSR count). The molecular weight excluding hydrogens is 354 g/mol. The molecule has 1 aromatic rings. The lowest BCUT2D eigenvalue weighted by Gasteiger charge is -2.12. The van der Waals surface area contributed by atoms with Gasteiger partial charge in [-0.2, -0.15) is 5.10 Å². The zero-order chi connectivity index (χ0) is 16.7. The average Bonchev–Trinajstić information content (AvgIpc) is 2.87. The van der Waals surface area contributed by atoms with Gasteiger partial charge in [0.2, 0.25) is 0 Å². The Hall–Kier alpha value is -2.21. The second-order valence-corrected chi connectivity index (χ2v) is 5.91. The van der Waals surface area contributed by atoms with Crippen molar-refractivity contribution >= 4 is 27.7 Å². The number of H-pyrrole nitrogens is 1. The summed E-state index contributed by atoms with van der Waals surface area (Å²) in [4.78, 5) is 10.8. The van der Waals surface area contributed by atoms with Crippen molar-refractivity contribution in [2.45, 2.75) is 12.8 Å². The topological polar surface area (TPSA) is 57.2 Å². The Balaban J connectivity index is 2.06. The second kappa shape index (κ2) is 8.43. The molecule has 5 nitrogen and oxygen atoms in total. The molecule has 0 fully saturated rings. The average molecular weight is 374 g/mol. The number of halogens is 1. The van der Waals surface area contributed by atoms with Crippen LogP contribution in [0.15, 0.2) is 58.3 Å². The van der Waals surface area contributed by atoms with Crippen LogP contribution in [-0.2, 0) is 6.42 Å². The standard InChI is InChI=1S/C17H20BrN5/c1-4-7-14(23(2)3)9-5-10-16-20-17(22-21-16)13-8-6-11-19-15(18)12-13/h4-5,7-9,11-12H,1,6,10H2,2-3H3,(H,20,21,22)/b9-5-,14-7+. The Morgan fingerprint density at radius 2 is 2.30 bits per heavy atom. The Morgan fingerprint density at radius 3 is 3.04 bits per heavy atom. The minimum Gasteiger partial charge on any atom is -0.378 e. The van der Waals surface area contributed by atoms with Gasteiger partial charge in [-0.1, -0.05) is 24.8 Å². The number of hydrogen-bond acceptors (Lipinski definition) is 4. The highest BCUT2D eigenvalue weighted by molar-refractivity contribution is 9.11. The van der Waals surface area contributed by atoms with Gasteiger partial charge in [-0.25, -0.2) is 4.98 Å². The molecule has 2 heterocycles. The van der Waals surface area contributed by atoms with E-state index >= 15 is 0 Å². The van der Waals surface area contributed by atoms with Gasteiger partial charge in [-0.3, -0.25) is 10.1 Å². The molecule has 0 atom stereocenters. The first-order valence-corrected chi connectivity index (χ1v) is 8.07. The largest absolute Gasteiger partial charge is 0.378 e. The highest BCUT2D eigenvalue weighted by atomic mass is 79.9. The summed E-state index contributed by atoms with van der Waals surface area (Å²) in [7, 11) is 3.99. The Kier molecular flexibility index (Phi) is 6.29. The third-order valence-corrected chi connectivity index (χ3v) is 3.57. The number of nitrogens with one attached hydrogen (secondary N) is 1. The van der Waals surface area contributed by atoms with Gasteiger partial charge in [0.05, 0.1) is 0 Å². The van der Waals surface area contributed by atoms with Crippen LogP contribution in [0.5, 0.6) is 0 Å². The van der Waals surface area contributed by atoms with E-state index < -0.39 is 0 Å². The monoisotopic (exact) mass is 373 g/mol. The molecule has 120 valence electrons. The fourth-order valence-corrected chi connectivity index (χ4v) is 2.38. The van der Waals surface area contributed by atoms with E-state index in [9.17, 15) is 0 Å². The maximum absolute atomic E-state index is 4.54. The summed E-state index contributed by atoms with van der Waals surface area (Å²) in [5.41, 5.74) is 2.06. The molecule has 0 radical (unpaired) electrons. The van der Waals surface area contributed by atoms with Crippen LogP contribution in [0.2, 0.25) is 0 Å². The lowest BCUT2D eigenvalue weighted by molar-refractivity contribution is 0.530. The second-order valence-electron chi connectivity index (χ2n) is 5.10. The van der Waals surface area contributed by atoms with Crippen LogP contribution < -0.4 is 0 Å². The van der Waals surface area contributed by atoms with Crippen molar-refractivity contribution in [1.29, 1.82) is 0 Å². The minimum atomic E-state index is 0.660. The minimum absolute atomic E-state index is 0.660. The zero-order valence-electron chi connectivity index (χ0n) is 13.3. The molecule has 0 aliphatic carbocycles. The summed E-state index contributed by atoms with van der Waals surface area (Å²) in [5, 5.41) is 7.25. The van der Waals surface area contributed by atoms with E-state index in [4.69, 9.17) is 0 Å². The molecule has 1 N–H and O–H groups in total. The van der Waals surface area contributed by atoms with Crippen LogP contribution in [-0.4, -0.2) is 40.4 Å². The van der Waals surface area contributed by atoms with E-state index in [1.165, 1.54) is 0 Å². The summed E-state index contributed by atoms with van der Waals surface area (Å²) in [6.07, 6.45) is 15.1. The fourth-order valence-electron chi connectivity index (χ4n) is 1.99. The molecule has 1 aromatic heterocycles. The van der Waals surface area contributed by atoms with E-state index in [0.717, 1.165) is 33.9 Å². The third-order valence-electron chi connectivity index (χ3n) is 3.13. The molecule has 0 saturated carbocycles. The molecule has 1 aliphatic heterocycles. The van der Waals surface area contributed by atoms with Gasteiger partial charge in [-0.15, -0.1) is 0 Å². The maximum Gasteiger partial charge on any atom is 0.155 e. The van der Waals surface area contributed by atoms with Crippen LogP contribution >= 0.6 is 15.9 Å². The van der Waals surface area contributed by atoms with Gasteiger partial charge in [0.1, 0.15) is 4.61 Å². The molecule has 23 heavy (non-hydrogen) atoms. The number of rotatable bonds is 6. The van der Waals surface area contributed by atoms with Crippen molar-refractivity contribution in [2.24, 2.45) is 4.99 Å². The van der Waals surface area contributed by atoms with Crippen molar-refractivity contribution in [3.63, 3.8) is 0 Å². The lowest BCUT2D eigenvalue weighted by Crippen LogP contribution is -2.08. The summed E-state index contributed by atoms with van der Waals surface area (Å²) in [6.45, 7) is 3.73. The lowest BCUT2D eigenvalue weighted by atomic mass is 10.2. The molecule has 0 saturated heterocycles. The zero-order valence-corrected chi connectivity index (χ0v) is 14.9. The number of aromatic amines is 1. The van der Waals surface area contributed by atoms with E-state index in [2.05, 4.69) is 48.8 Å². The smallest absolute Gasteiger partial charge is 0.155 e. The van der Waals surface area contributed by atoms with Gasteiger partial charge in [0.25, 0.3) is 0 Å². The van der Waals surface area contributed by atoms with Crippen molar-refractivity contribution in [2.75, 3.05) is 14.1 Å². The van der Waals surface area contributed by atoms with Crippen LogP contribution in [0, 0.1) is 0 Å². The van der Waals surface area contributed by atoms with Gasteiger partial charge in [0, 0.05) is 44.4 Å². The maximum atomic E-state index is 4.54. The molecular formula is C17H20BrN5. The molecule has 0 bridgehead atoms. The van der Waals surface area contributed by atoms with Crippen LogP contribution in [0.1, 0.15) is 18.1 Å². The molecule has 0 spiro atoms. The predicted octanol–water partition coefficient (Wildman–Crippen LogP) is 3.63. The summed E-state index contributed by atoms with van der Waals surface area (Å²) in [5.74, 6) is 1.51. The first-order valence-electron chi connectivity index (χ1n) is 7.28. The van der Waals surface area contributed by atoms with Gasteiger partial charge in [-0.05, 0) is 34.2 Å². The van der Waals surface area contributed by atoms with E-state index in [1.807, 2.05) is 49.5 Å². The van der Waals surface area contributed by atoms with Crippen molar-refractivity contribution < 1.29 is 0 Å². The molecule has 0 aromatic carbocycles. The first kappa shape index (κ1) is 17.1. The Labute approximate surface area is 145 Å². The van der Waals surface area contributed by atoms with Gasteiger partial charge in [0.15, 0.2) is 11.6 Å². The van der Waals surface area contributed by atoms with E-state index in [0.29, 0.717) is 6.42 Å². The number of likely N-dealkylation sites (N-methyl/N-ethyl adjacent to an activating group) is 1. The fraction of sp³-hybridized carbons (Fsp3) is 0.235. The van der Waals surface area contributed by atoms with Crippen LogP contribution in [0.3, 0.4) is 0 Å². The van der Waals surface area contributed by atoms with Crippen molar-refractivity contribution in [3.05, 3.63) is 65.0 Å². The summed E-state index contributed by atoms with van der Waals surface area (Å²) in [6, 6.07) is 0. The normalized spacial score (nSPS) is 15.3. The summed E-state index contributed by atoms with van der Waals surface area (Å²) < 4.78 is 0.782. The molecule has 0 amide bonds. The Bertz CT molecular complexity index is 704. The molecule has 0 unspecified atom stereocenters. The van der Waals surface area contributed by atoms with Gasteiger partial charge >= 0.3 is 0 Å². The highest BCUT2D eigenvalue weighted by Gasteiger charge is 2.07. The first-order chi connectivity index (χ1) is 11.1. The SMILES string of the molecule is C=C/C=C(\C=C/Cc1n[nH]c(C2=CCC=NC(Br)=C2)n1)N(C)C. The molecule has 6 heteroatoms. The number of aliphatic imine (C=N–C) groups is 1. The van der Waals surface area contributed by atoms with Crippen molar-refractivity contribution in [1.82, 2.24) is 20.1 Å². The highest BCUT2D eigenvalue weighted by Crippen LogP contribution is 2.20. The quantitative estimate of drug-likeness (QED) is 0.611. The molecule has 1 aliphatic rings. The summed E-state index contributed by atoms with van der Waals surface area (Å²) >= 11 is 3.40. The number of aromatic nitrogens is 3. The van der Waals surface area contributed by atoms with Crippen LogP contribution in [0.25, 0.3) is 5.57 Å². The van der Waals surface area contributed by atoms with E-state index in [1.54, 1.807) is 6.08 Å². The number of nitrogens with zero attached hydrogens (tertiary/aromatic N) is 4. The Morgan fingerprint density at radius 1 is 1.48 bits per heavy atom. The predicted molar refractivity (Wildman–Crippen MR) is 99.3 cm³/mol. The van der Waals surface area contributed by atoms with Crippen molar-refractivity contribution in [3.8, 4) is 0 Å². The number of allylic oxidation sites excluding steroid dienone is 7. The number of hydrogen-bond donors (Lipinski definition) is 1. The third kappa shape index (κ3) is 5.17. The van der Waals surface area contributed by atoms with Crippen LogP contribution in [0.4, 0.5) is 0 Å². The van der Waals surface area contributed by atoms with Gasteiger partial charge < -0.3 is 4.90 Å².